The van der Waals surface area contributed by atoms with E-state index in [1.54, 1.807) is 9.42 Å². The minimum atomic E-state index is -0.0918. The van der Waals surface area contributed by atoms with Gasteiger partial charge in [0.15, 0.2) is 5.65 Å². The highest BCUT2D eigenvalue weighted by atomic mass is 16.5. The van der Waals surface area contributed by atoms with Crippen LogP contribution >= 0.6 is 0 Å². The number of piperidine rings is 1. The van der Waals surface area contributed by atoms with Crippen LogP contribution in [0.5, 0.6) is 0 Å². The fraction of sp³-hybridized carbons (Fsp3) is 0.625. The van der Waals surface area contributed by atoms with E-state index < -0.39 is 0 Å². The fourth-order valence-electron chi connectivity index (χ4n) is 5.45. The number of hydrogen-bond donors (Lipinski definition) is 1. The summed E-state index contributed by atoms with van der Waals surface area (Å²) in [6.07, 6.45) is 11.2. The number of aromatic nitrogens is 3. The molecule has 3 aliphatic rings. The van der Waals surface area contributed by atoms with Gasteiger partial charge in [-0.2, -0.15) is 0 Å². The SMILES string of the molecule is COCC(=O)N1CCc2nc3cc(C4CCN(C[C@H]5CC=CCC5)CC4)[nH]n3c(=O)c2C1. The van der Waals surface area contributed by atoms with Crippen molar-refractivity contribution in [1.29, 1.82) is 0 Å². The molecular formula is C24H33N5O3. The van der Waals surface area contributed by atoms with E-state index in [1.165, 1.54) is 32.9 Å². The van der Waals surface area contributed by atoms with Crippen LogP contribution in [-0.2, 0) is 22.5 Å². The predicted octanol–water partition coefficient (Wildman–Crippen LogP) is 2.09. The molecule has 1 saturated heterocycles. The lowest BCUT2D eigenvalue weighted by atomic mass is 9.90. The highest BCUT2D eigenvalue weighted by Crippen LogP contribution is 2.29. The van der Waals surface area contributed by atoms with E-state index in [4.69, 9.17) is 9.72 Å². The minimum absolute atomic E-state index is 0.0368. The smallest absolute Gasteiger partial charge is 0.277 e. The van der Waals surface area contributed by atoms with Gasteiger partial charge in [-0.15, -0.1) is 0 Å². The number of carbonyl (C=O) groups is 1. The molecule has 1 atom stereocenters. The first-order valence-corrected chi connectivity index (χ1v) is 11.9. The summed E-state index contributed by atoms with van der Waals surface area (Å²) >= 11 is 0. The zero-order chi connectivity index (χ0) is 22.1. The fourth-order valence-corrected chi connectivity index (χ4v) is 5.45. The van der Waals surface area contributed by atoms with Gasteiger partial charge < -0.3 is 14.5 Å². The van der Waals surface area contributed by atoms with Gasteiger partial charge in [-0.1, -0.05) is 12.2 Å². The van der Waals surface area contributed by atoms with Gasteiger partial charge in [0.2, 0.25) is 5.91 Å². The van der Waals surface area contributed by atoms with Crippen LogP contribution in [0.2, 0.25) is 0 Å². The van der Waals surface area contributed by atoms with E-state index >= 15 is 0 Å². The Labute approximate surface area is 188 Å². The first kappa shape index (κ1) is 21.4. The Morgan fingerprint density at radius 1 is 1.22 bits per heavy atom. The molecule has 172 valence electrons. The van der Waals surface area contributed by atoms with Gasteiger partial charge in [-0.3, -0.25) is 14.7 Å². The third-order valence-electron chi connectivity index (χ3n) is 7.32. The Bertz CT molecular complexity index is 1060. The van der Waals surface area contributed by atoms with E-state index in [1.807, 2.05) is 0 Å². The molecule has 2 aromatic heterocycles. The van der Waals surface area contributed by atoms with Crippen LogP contribution < -0.4 is 5.56 Å². The standard InChI is InChI=1S/C24H33N5O3/c1-32-16-23(30)28-12-9-20-19(15-28)24(31)29-22(25-20)13-21(26-29)18-7-10-27(11-8-18)14-17-5-3-2-4-6-17/h2-3,13,17-18,26H,4-12,14-16H2,1H3/t17-/m0/s1. The molecule has 2 aliphatic heterocycles. The van der Waals surface area contributed by atoms with Gasteiger partial charge in [-0.25, -0.2) is 9.50 Å². The summed E-state index contributed by atoms with van der Waals surface area (Å²) < 4.78 is 6.53. The second kappa shape index (κ2) is 9.19. The molecule has 0 radical (unpaired) electrons. The summed E-state index contributed by atoms with van der Waals surface area (Å²) in [7, 11) is 1.51. The van der Waals surface area contributed by atoms with Gasteiger partial charge in [0.1, 0.15) is 6.61 Å². The van der Waals surface area contributed by atoms with Crippen LogP contribution in [-0.4, -0.2) is 70.2 Å². The quantitative estimate of drug-likeness (QED) is 0.722. The van der Waals surface area contributed by atoms with E-state index in [0.29, 0.717) is 36.6 Å². The zero-order valence-corrected chi connectivity index (χ0v) is 18.9. The predicted molar refractivity (Wildman–Crippen MR) is 122 cm³/mol. The molecule has 0 saturated carbocycles. The second-order valence-electron chi connectivity index (χ2n) is 9.47. The Hall–Kier alpha value is -2.45. The van der Waals surface area contributed by atoms with Gasteiger partial charge in [-0.05, 0) is 51.1 Å². The second-order valence-corrected chi connectivity index (χ2v) is 9.47. The Balaban J connectivity index is 1.28. The van der Waals surface area contributed by atoms with E-state index in [0.717, 1.165) is 43.2 Å². The molecule has 0 unspecified atom stereocenters. The van der Waals surface area contributed by atoms with Crippen molar-refractivity contribution >= 4 is 11.6 Å². The molecule has 8 heteroatoms. The number of methoxy groups -OCH3 is 1. The average molecular weight is 440 g/mol. The van der Waals surface area contributed by atoms with Crippen molar-refractivity contribution in [3.05, 3.63) is 45.5 Å². The largest absolute Gasteiger partial charge is 0.375 e. The van der Waals surface area contributed by atoms with Gasteiger partial charge in [0, 0.05) is 44.3 Å². The number of carbonyl (C=O) groups excluding carboxylic acids is 1. The topological polar surface area (TPSA) is 82.9 Å². The van der Waals surface area contributed by atoms with Crippen molar-refractivity contribution in [2.75, 3.05) is 39.9 Å². The number of rotatable bonds is 5. The molecule has 5 rings (SSSR count). The summed E-state index contributed by atoms with van der Waals surface area (Å²) in [5.41, 5.74) is 3.14. The van der Waals surface area contributed by atoms with E-state index in [2.05, 4.69) is 28.2 Å². The number of nitrogens with zero attached hydrogens (tertiary/aromatic N) is 4. The molecule has 2 aromatic rings. The molecular weight excluding hydrogens is 406 g/mol. The van der Waals surface area contributed by atoms with Crippen molar-refractivity contribution in [3.8, 4) is 0 Å². The molecule has 32 heavy (non-hydrogen) atoms. The number of ether oxygens (including phenoxy) is 1. The van der Waals surface area contributed by atoms with Crippen molar-refractivity contribution in [2.24, 2.45) is 5.92 Å². The molecule has 1 N–H and O–H groups in total. The van der Waals surface area contributed by atoms with Gasteiger partial charge >= 0.3 is 0 Å². The van der Waals surface area contributed by atoms with Gasteiger partial charge in [0.25, 0.3) is 5.56 Å². The molecule has 4 heterocycles. The molecule has 1 amide bonds. The van der Waals surface area contributed by atoms with Crippen molar-refractivity contribution in [2.45, 2.75) is 51.0 Å². The maximum atomic E-state index is 13.2. The van der Waals surface area contributed by atoms with Crippen molar-refractivity contribution < 1.29 is 9.53 Å². The maximum absolute atomic E-state index is 13.2. The molecule has 1 aliphatic carbocycles. The summed E-state index contributed by atoms with van der Waals surface area (Å²) in [5.74, 6) is 1.13. The van der Waals surface area contributed by atoms with Crippen LogP contribution in [0.4, 0.5) is 0 Å². The van der Waals surface area contributed by atoms with Crippen molar-refractivity contribution in [3.63, 3.8) is 0 Å². The summed E-state index contributed by atoms with van der Waals surface area (Å²) in [6, 6.07) is 2.05. The van der Waals surface area contributed by atoms with Crippen molar-refractivity contribution in [1.82, 2.24) is 24.4 Å². The summed E-state index contributed by atoms with van der Waals surface area (Å²) in [6.45, 7) is 4.33. The maximum Gasteiger partial charge on any atom is 0.277 e. The molecule has 0 bridgehead atoms. The third-order valence-corrected chi connectivity index (χ3v) is 7.32. The molecule has 1 fully saturated rings. The number of fused-ring (bicyclic) bond motifs is 2. The van der Waals surface area contributed by atoms with Crippen LogP contribution in [0.3, 0.4) is 0 Å². The third kappa shape index (κ3) is 4.26. The summed E-state index contributed by atoms with van der Waals surface area (Å²) in [4.78, 5) is 34.4. The Morgan fingerprint density at radius 2 is 2.06 bits per heavy atom. The lowest BCUT2D eigenvalue weighted by molar-refractivity contribution is -0.136. The normalized spacial score (nSPS) is 22.4. The number of H-pyrrole nitrogens is 1. The molecule has 0 spiro atoms. The molecule has 0 aromatic carbocycles. The van der Waals surface area contributed by atoms with E-state index in [-0.39, 0.29) is 18.1 Å². The minimum Gasteiger partial charge on any atom is -0.375 e. The van der Waals surface area contributed by atoms with Crippen LogP contribution in [0.25, 0.3) is 5.65 Å². The Morgan fingerprint density at radius 3 is 2.81 bits per heavy atom. The number of amides is 1. The Kier molecular flexibility index (Phi) is 6.15. The first-order chi connectivity index (χ1) is 15.6. The van der Waals surface area contributed by atoms with Crippen LogP contribution in [0.15, 0.2) is 23.0 Å². The van der Waals surface area contributed by atoms with Crippen LogP contribution in [0.1, 0.15) is 55.0 Å². The lowest BCUT2D eigenvalue weighted by Crippen LogP contribution is -2.41. The number of nitrogens with one attached hydrogen (secondary N) is 1. The van der Waals surface area contributed by atoms with Gasteiger partial charge in [0.05, 0.1) is 17.8 Å². The average Bonchev–Trinajstić information content (AvgIpc) is 3.25. The number of aromatic amines is 1. The number of likely N-dealkylation sites (tertiary alicyclic amines) is 1. The molecule has 8 nitrogen and oxygen atoms in total. The zero-order valence-electron chi connectivity index (χ0n) is 18.9. The van der Waals surface area contributed by atoms with Crippen LogP contribution in [0, 0.1) is 5.92 Å². The highest BCUT2D eigenvalue weighted by Gasteiger charge is 2.27. The first-order valence-electron chi connectivity index (χ1n) is 11.9. The lowest BCUT2D eigenvalue weighted by Gasteiger charge is -2.34. The monoisotopic (exact) mass is 439 g/mol. The number of allylic oxidation sites excluding steroid dienone is 2. The summed E-state index contributed by atoms with van der Waals surface area (Å²) in [5, 5.41) is 3.34. The van der Waals surface area contributed by atoms with E-state index in [9.17, 15) is 9.59 Å². The highest BCUT2D eigenvalue weighted by molar-refractivity contribution is 5.77. The number of hydrogen-bond acceptors (Lipinski definition) is 5.